The molecule has 0 radical (unpaired) electrons. The number of hydrogen-bond acceptors (Lipinski definition) is 5. The van der Waals surface area contributed by atoms with Gasteiger partial charge in [0.15, 0.2) is 0 Å². The van der Waals surface area contributed by atoms with Crippen LogP contribution in [0.25, 0.3) is 10.9 Å². The van der Waals surface area contributed by atoms with E-state index in [0.29, 0.717) is 23.7 Å². The number of ether oxygens (including phenoxy) is 3. The topological polar surface area (TPSA) is 62.6 Å². The summed E-state index contributed by atoms with van der Waals surface area (Å²) in [7, 11) is 0. The van der Waals surface area contributed by atoms with Gasteiger partial charge in [0.2, 0.25) is 0 Å². The van der Waals surface area contributed by atoms with Crippen LogP contribution >= 0.6 is 0 Å². The van der Waals surface area contributed by atoms with Gasteiger partial charge in [-0.3, -0.25) is 4.68 Å². The molecular formula is C26H30N2O4. The second-order valence-corrected chi connectivity index (χ2v) is 9.20. The van der Waals surface area contributed by atoms with Crippen LogP contribution in [-0.2, 0) is 4.74 Å². The molecule has 6 heteroatoms. The van der Waals surface area contributed by atoms with Crippen LogP contribution < -0.4 is 9.47 Å². The lowest BCUT2D eigenvalue weighted by Gasteiger charge is -2.37. The largest absolute Gasteiger partial charge is 0.489 e. The van der Waals surface area contributed by atoms with Gasteiger partial charge >= 0.3 is 5.97 Å². The molecule has 168 valence electrons. The average Bonchev–Trinajstić information content (AvgIpc) is 3.19. The number of hydrogen-bond donors (Lipinski definition) is 0. The van der Waals surface area contributed by atoms with E-state index in [2.05, 4.69) is 13.8 Å². The molecule has 32 heavy (non-hydrogen) atoms. The van der Waals surface area contributed by atoms with Gasteiger partial charge in [-0.1, -0.05) is 25.1 Å². The van der Waals surface area contributed by atoms with Crippen LogP contribution in [0.3, 0.4) is 0 Å². The normalized spacial score (nSPS) is 23.6. The Labute approximate surface area is 188 Å². The molecule has 1 aliphatic heterocycles. The number of rotatable bonds is 6. The number of aromatic nitrogens is 2. The number of esters is 1. The maximum atomic E-state index is 13.0. The van der Waals surface area contributed by atoms with Crippen LogP contribution in [-0.4, -0.2) is 34.1 Å². The van der Waals surface area contributed by atoms with E-state index in [9.17, 15) is 4.79 Å². The molecule has 0 spiro atoms. The molecule has 2 unspecified atom stereocenters. The molecule has 3 aromatic rings. The lowest BCUT2D eigenvalue weighted by molar-refractivity contribution is -0.0886. The SMILES string of the molecule is CCC1(C)CCC(n2cc3cc(C(=O)Oc4ccccc4)c(OC4CCC4)cc3n2)CO1. The molecule has 0 bridgehead atoms. The summed E-state index contributed by atoms with van der Waals surface area (Å²) in [6, 6.07) is 13.0. The third kappa shape index (κ3) is 4.24. The van der Waals surface area contributed by atoms with Gasteiger partial charge in [-0.25, -0.2) is 4.79 Å². The van der Waals surface area contributed by atoms with E-state index in [-0.39, 0.29) is 17.7 Å². The first-order valence-electron chi connectivity index (χ1n) is 11.6. The van der Waals surface area contributed by atoms with Crippen molar-refractivity contribution in [3.8, 4) is 11.5 Å². The second-order valence-electron chi connectivity index (χ2n) is 9.20. The Morgan fingerprint density at radius 2 is 2.03 bits per heavy atom. The van der Waals surface area contributed by atoms with Gasteiger partial charge < -0.3 is 14.2 Å². The van der Waals surface area contributed by atoms with Crippen molar-refractivity contribution in [2.45, 2.75) is 70.1 Å². The fraction of sp³-hybridized carbons (Fsp3) is 0.462. The van der Waals surface area contributed by atoms with Gasteiger partial charge in [0.05, 0.1) is 29.9 Å². The molecule has 2 fully saturated rings. The van der Waals surface area contributed by atoms with Crippen LogP contribution in [0.5, 0.6) is 11.5 Å². The van der Waals surface area contributed by atoms with E-state index in [1.807, 2.05) is 41.2 Å². The van der Waals surface area contributed by atoms with E-state index in [1.54, 1.807) is 12.1 Å². The maximum absolute atomic E-state index is 13.0. The molecule has 2 atom stereocenters. The Morgan fingerprint density at radius 3 is 2.69 bits per heavy atom. The minimum absolute atomic E-state index is 0.0405. The highest BCUT2D eigenvalue weighted by molar-refractivity contribution is 5.98. The fourth-order valence-corrected chi connectivity index (χ4v) is 4.25. The monoisotopic (exact) mass is 434 g/mol. The van der Waals surface area contributed by atoms with Crippen LogP contribution in [0.1, 0.15) is 68.8 Å². The molecule has 0 amide bonds. The number of nitrogens with zero attached hydrogens (tertiary/aromatic N) is 2. The Bertz CT molecular complexity index is 1100. The summed E-state index contributed by atoms with van der Waals surface area (Å²) < 4.78 is 19.9. The van der Waals surface area contributed by atoms with Gasteiger partial charge in [0.1, 0.15) is 17.1 Å². The summed E-state index contributed by atoms with van der Waals surface area (Å²) in [6.45, 7) is 4.99. The smallest absolute Gasteiger partial charge is 0.347 e. The van der Waals surface area contributed by atoms with Gasteiger partial charge in [-0.2, -0.15) is 5.10 Å². The molecule has 2 heterocycles. The van der Waals surface area contributed by atoms with Crippen LogP contribution in [0.2, 0.25) is 0 Å². The molecule has 0 N–H and O–H groups in total. The summed E-state index contributed by atoms with van der Waals surface area (Å²) in [5.41, 5.74) is 1.21. The first-order chi connectivity index (χ1) is 15.5. The van der Waals surface area contributed by atoms with Crippen molar-refractivity contribution in [2.24, 2.45) is 0 Å². The molecule has 1 aromatic heterocycles. The Morgan fingerprint density at radius 1 is 1.22 bits per heavy atom. The highest BCUT2D eigenvalue weighted by atomic mass is 16.5. The minimum atomic E-state index is -0.417. The fourth-order valence-electron chi connectivity index (χ4n) is 4.25. The minimum Gasteiger partial charge on any atom is -0.489 e. The summed E-state index contributed by atoms with van der Waals surface area (Å²) in [5, 5.41) is 5.71. The van der Waals surface area contributed by atoms with E-state index in [0.717, 1.165) is 49.4 Å². The summed E-state index contributed by atoms with van der Waals surface area (Å²) in [4.78, 5) is 13.0. The van der Waals surface area contributed by atoms with Crippen molar-refractivity contribution in [1.82, 2.24) is 9.78 Å². The predicted molar refractivity (Wildman–Crippen MR) is 122 cm³/mol. The van der Waals surface area contributed by atoms with Crippen molar-refractivity contribution in [1.29, 1.82) is 0 Å². The van der Waals surface area contributed by atoms with E-state index in [4.69, 9.17) is 19.3 Å². The van der Waals surface area contributed by atoms with Crippen LogP contribution in [0.15, 0.2) is 48.7 Å². The van der Waals surface area contributed by atoms with Crippen molar-refractivity contribution in [3.05, 3.63) is 54.2 Å². The average molecular weight is 435 g/mol. The molecule has 1 saturated heterocycles. The Kier molecular flexibility index (Phi) is 5.64. The number of benzene rings is 2. The first kappa shape index (κ1) is 21.0. The quantitative estimate of drug-likeness (QED) is 0.367. The Hall–Kier alpha value is -2.86. The molecule has 1 aliphatic carbocycles. The summed E-state index contributed by atoms with van der Waals surface area (Å²) in [6.07, 6.45) is 8.37. The zero-order chi connectivity index (χ0) is 22.1. The van der Waals surface area contributed by atoms with Crippen molar-refractivity contribution in [2.75, 3.05) is 6.61 Å². The third-order valence-electron chi connectivity index (χ3n) is 6.90. The lowest BCUT2D eigenvalue weighted by atomic mass is 9.91. The van der Waals surface area contributed by atoms with Gasteiger partial charge in [0, 0.05) is 17.6 Å². The molecule has 5 rings (SSSR count). The Balaban J connectivity index is 1.44. The third-order valence-corrected chi connectivity index (χ3v) is 6.90. The number of para-hydroxylation sites is 1. The number of fused-ring (bicyclic) bond motifs is 1. The van der Waals surface area contributed by atoms with E-state index < -0.39 is 5.97 Å². The van der Waals surface area contributed by atoms with Crippen molar-refractivity contribution in [3.63, 3.8) is 0 Å². The summed E-state index contributed by atoms with van der Waals surface area (Å²) in [5.74, 6) is 0.646. The molecule has 6 nitrogen and oxygen atoms in total. The van der Waals surface area contributed by atoms with Gasteiger partial charge in [-0.05, 0) is 63.6 Å². The summed E-state index contributed by atoms with van der Waals surface area (Å²) >= 11 is 0. The lowest BCUT2D eigenvalue weighted by Crippen LogP contribution is -2.37. The first-order valence-corrected chi connectivity index (χ1v) is 11.6. The van der Waals surface area contributed by atoms with E-state index >= 15 is 0 Å². The van der Waals surface area contributed by atoms with E-state index in [1.165, 1.54) is 0 Å². The predicted octanol–water partition coefficient (Wildman–Crippen LogP) is 5.71. The van der Waals surface area contributed by atoms with Gasteiger partial charge in [0.25, 0.3) is 0 Å². The zero-order valence-corrected chi connectivity index (χ0v) is 18.8. The van der Waals surface area contributed by atoms with Crippen LogP contribution in [0.4, 0.5) is 0 Å². The standard InChI is InChI=1S/C26H30N2O4/c1-3-26(2)13-12-19(17-30-26)28-16-18-14-22(25(29)32-21-8-5-4-6-9-21)24(15-23(18)27-28)31-20-10-7-11-20/h4-6,8-9,14-16,19-20H,3,7,10-13,17H2,1-2H3. The highest BCUT2D eigenvalue weighted by Gasteiger charge is 2.32. The highest BCUT2D eigenvalue weighted by Crippen LogP contribution is 2.35. The maximum Gasteiger partial charge on any atom is 0.347 e. The van der Waals surface area contributed by atoms with Crippen molar-refractivity contribution >= 4 is 16.9 Å². The number of carbonyl (C=O) groups excluding carboxylic acids is 1. The van der Waals surface area contributed by atoms with Crippen LogP contribution in [0, 0.1) is 0 Å². The number of carbonyl (C=O) groups is 1. The molecule has 1 saturated carbocycles. The van der Waals surface area contributed by atoms with Crippen molar-refractivity contribution < 1.29 is 19.0 Å². The molecule has 2 aliphatic rings. The zero-order valence-electron chi connectivity index (χ0n) is 18.8. The molecular weight excluding hydrogens is 404 g/mol. The molecule has 2 aromatic carbocycles. The second kappa shape index (κ2) is 8.58. The van der Waals surface area contributed by atoms with Gasteiger partial charge in [-0.15, -0.1) is 0 Å².